The molecule has 8 nitrogen and oxygen atoms in total. The number of benzene rings is 1. The first-order valence-electron chi connectivity index (χ1n) is 8.75. The van der Waals surface area contributed by atoms with Crippen LogP contribution in [0.1, 0.15) is 36.0 Å². The standard InChI is InChI=1S/C18H24N6O2/c1-26-14-8-6-13(7-9-14)18(25)23-22-16-15(19)17(21-12-20-16)24-10-4-2-3-5-11-24/h6-9,12H,2-5,10-11,19H2,1H3,(H,23,25)(H,20,21,22). The van der Waals surface area contributed by atoms with Crippen LogP contribution >= 0.6 is 0 Å². The second-order valence-corrected chi connectivity index (χ2v) is 6.17. The number of rotatable bonds is 5. The van der Waals surface area contributed by atoms with Crippen LogP contribution in [0.15, 0.2) is 30.6 Å². The van der Waals surface area contributed by atoms with Crippen LogP contribution in [0.5, 0.6) is 5.75 Å². The Hall–Kier alpha value is -3.03. The quantitative estimate of drug-likeness (QED) is 0.705. The maximum absolute atomic E-state index is 12.3. The third kappa shape index (κ3) is 4.14. The molecular formula is C18H24N6O2. The number of hydrogen-bond acceptors (Lipinski definition) is 7. The van der Waals surface area contributed by atoms with Gasteiger partial charge in [-0.05, 0) is 37.1 Å². The fraction of sp³-hybridized carbons (Fsp3) is 0.389. The molecule has 1 aliphatic rings. The van der Waals surface area contributed by atoms with Crippen molar-refractivity contribution in [2.24, 2.45) is 0 Å². The highest BCUT2D eigenvalue weighted by Crippen LogP contribution is 2.27. The van der Waals surface area contributed by atoms with Gasteiger partial charge in [0.25, 0.3) is 5.91 Å². The molecule has 1 amide bonds. The van der Waals surface area contributed by atoms with E-state index >= 15 is 0 Å². The predicted molar refractivity (Wildman–Crippen MR) is 101 cm³/mol. The zero-order chi connectivity index (χ0) is 18.4. The first-order valence-corrected chi connectivity index (χ1v) is 8.75. The molecular weight excluding hydrogens is 332 g/mol. The van der Waals surface area contributed by atoms with Gasteiger partial charge in [0.1, 0.15) is 17.8 Å². The third-order valence-corrected chi connectivity index (χ3v) is 4.42. The van der Waals surface area contributed by atoms with Gasteiger partial charge < -0.3 is 15.4 Å². The van der Waals surface area contributed by atoms with E-state index in [9.17, 15) is 4.79 Å². The molecule has 0 spiro atoms. The zero-order valence-electron chi connectivity index (χ0n) is 14.9. The highest BCUT2D eigenvalue weighted by molar-refractivity contribution is 5.95. The molecule has 0 radical (unpaired) electrons. The van der Waals surface area contributed by atoms with Crippen molar-refractivity contribution in [3.8, 4) is 5.75 Å². The molecule has 4 N–H and O–H groups in total. The van der Waals surface area contributed by atoms with Gasteiger partial charge in [-0.3, -0.25) is 15.6 Å². The SMILES string of the molecule is COc1ccc(C(=O)NNc2ncnc(N3CCCCCC3)c2N)cc1. The van der Waals surface area contributed by atoms with Crippen molar-refractivity contribution in [2.75, 3.05) is 36.3 Å². The van der Waals surface area contributed by atoms with Crippen LogP contribution in [0.4, 0.5) is 17.3 Å². The second-order valence-electron chi connectivity index (χ2n) is 6.17. The molecule has 2 aromatic rings. The van der Waals surface area contributed by atoms with Gasteiger partial charge in [-0.15, -0.1) is 0 Å². The van der Waals surface area contributed by atoms with Crippen LogP contribution < -0.4 is 26.2 Å². The van der Waals surface area contributed by atoms with Crippen LogP contribution in [0.2, 0.25) is 0 Å². The summed E-state index contributed by atoms with van der Waals surface area (Å²) in [5, 5.41) is 0. The van der Waals surface area contributed by atoms with Crippen LogP contribution in [-0.2, 0) is 0 Å². The minimum atomic E-state index is -0.290. The lowest BCUT2D eigenvalue weighted by molar-refractivity contribution is 0.0962. The smallest absolute Gasteiger partial charge is 0.269 e. The lowest BCUT2D eigenvalue weighted by atomic mass is 10.2. The Morgan fingerprint density at radius 2 is 1.81 bits per heavy atom. The van der Waals surface area contributed by atoms with Gasteiger partial charge in [0, 0.05) is 18.7 Å². The average molecular weight is 356 g/mol. The predicted octanol–water partition coefficient (Wildman–Crippen LogP) is 2.20. The number of nitrogen functional groups attached to an aromatic ring is 1. The number of methoxy groups -OCH3 is 1. The number of hydrazine groups is 1. The van der Waals surface area contributed by atoms with E-state index in [1.165, 1.54) is 19.2 Å². The van der Waals surface area contributed by atoms with E-state index < -0.39 is 0 Å². The van der Waals surface area contributed by atoms with E-state index in [1.54, 1.807) is 31.4 Å². The van der Waals surface area contributed by atoms with Gasteiger partial charge >= 0.3 is 0 Å². The van der Waals surface area contributed by atoms with Gasteiger partial charge in [-0.2, -0.15) is 0 Å². The summed E-state index contributed by atoms with van der Waals surface area (Å²) in [6.45, 7) is 1.86. The number of amides is 1. The molecule has 26 heavy (non-hydrogen) atoms. The lowest BCUT2D eigenvalue weighted by Crippen LogP contribution is -2.31. The van der Waals surface area contributed by atoms with Gasteiger partial charge in [0.2, 0.25) is 0 Å². The van der Waals surface area contributed by atoms with Crippen LogP contribution in [-0.4, -0.2) is 36.1 Å². The Bertz CT molecular complexity index is 742. The van der Waals surface area contributed by atoms with E-state index in [1.807, 2.05) is 0 Å². The van der Waals surface area contributed by atoms with Crippen LogP contribution in [0.3, 0.4) is 0 Å². The average Bonchev–Trinajstić information content (AvgIpc) is 2.96. The van der Waals surface area contributed by atoms with Crippen molar-refractivity contribution in [3.63, 3.8) is 0 Å². The zero-order valence-corrected chi connectivity index (χ0v) is 14.9. The highest BCUT2D eigenvalue weighted by Gasteiger charge is 2.17. The Balaban J connectivity index is 1.67. The minimum Gasteiger partial charge on any atom is -0.497 e. The normalized spacial score (nSPS) is 14.4. The number of aromatic nitrogens is 2. The Kier molecular flexibility index (Phi) is 5.73. The molecule has 2 heterocycles. The number of carbonyl (C=O) groups excluding carboxylic acids is 1. The summed E-state index contributed by atoms with van der Waals surface area (Å²) in [5.41, 5.74) is 12.6. The van der Waals surface area contributed by atoms with Crippen molar-refractivity contribution in [3.05, 3.63) is 36.2 Å². The summed E-state index contributed by atoms with van der Waals surface area (Å²) in [6, 6.07) is 6.82. The van der Waals surface area contributed by atoms with Crippen molar-refractivity contribution in [1.82, 2.24) is 15.4 Å². The first-order chi connectivity index (χ1) is 12.7. The Morgan fingerprint density at radius 3 is 2.46 bits per heavy atom. The maximum atomic E-state index is 12.3. The van der Waals surface area contributed by atoms with E-state index in [2.05, 4.69) is 25.7 Å². The number of ether oxygens (including phenoxy) is 1. The monoisotopic (exact) mass is 356 g/mol. The fourth-order valence-electron chi connectivity index (χ4n) is 2.95. The van der Waals surface area contributed by atoms with E-state index in [0.29, 0.717) is 28.6 Å². The van der Waals surface area contributed by atoms with Crippen molar-refractivity contribution < 1.29 is 9.53 Å². The molecule has 1 aliphatic heterocycles. The van der Waals surface area contributed by atoms with Gasteiger partial charge in [-0.1, -0.05) is 12.8 Å². The first kappa shape index (κ1) is 17.8. The highest BCUT2D eigenvalue weighted by atomic mass is 16.5. The molecule has 1 fully saturated rings. The Morgan fingerprint density at radius 1 is 1.12 bits per heavy atom. The maximum Gasteiger partial charge on any atom is 0.269 e. The third-order valence-electron chi connectivity index (χ3n) is 4.42. The molecule has 0 aliphatic carbocycles. The van der Waals surface area contributed by atoms with E-state index in [-0.39, 0.29) is 5.91 Å². The number of nitrogens with two attached hydrogens (primary N) is 1. The second kappa shape index (κ2) is 8.37. The molecule has 0 atom stereocenters. The molecule has 0 unspecified atom stereocenters. The molecule has 0 saturated carbocycles. The van der Waals surface area contributed by atoms with Crippen molar-refractivity contribution in [2.45, 2.75) is 25.7 Å². The molecule has 1 aromatic carbocycles. The molecule has 8 heteroatoms. The summed E-state index contributed by atoms with van der Waals surface area (Å²) < 4.78 is 5.09. The molecule has 0 bridgehead atoms. The molecule has 1 saturated heterocycles. The number of nitrogens with one attached hydrogen (secondary N) is 2. The summed E-state index contributed by atoms with van der Waals surface area (Å²) in [4.78, 5) is 22.9. The number of carbonyl (C=O) groups is 1. The van der Waals surface area contributed by atoms with Gasteiger partial charge in [0.05, 0.1) is 7.11 Å². The Labute approximate surface area is 152 Å². The molecule has 1 aromatic heterocycles. The van der Waals surface area contributed by atoms with Gasteiger partial charge in [0.15, 0.2) is 11.6 Å². The topological polar surface area (TPSA) is 105 Å². The van der Waals surface area contributed by atoms with E-state index in [0.717, 1.165) is 25.9 Å². The van der Waals surface area contributed by atoms with Crippen LogP contribution in [0, 0.1) is 0 Å². The van der Waals surface area contributed by atoms with E-state index in [4.69, 9.17) is 10.5 Å². The molecule has 3 rings (SSSR count). The summed E-state index contributed by atoms with van der Waals surface area (Å²) in [6.07, 6.45) is 6.16. The summed E-state index contributed by atoms with van der Waals surface area (Å²) >= 11 is 0. The van der Waals surface area contributed by atoms with Gasteiger partial charge in [-0.25, -0.2) is 9.97 Å². The summed E-state index contributed by atoms with van der Waals surface area (Å²) in [7, 11) is 1.58. The largest absolute Gasteiger partial charge is 0.497 e. The van der Waals surface area contributed by atoms with Crippen molar-refractivity contribution >= 4 is 23.2 Å². The molecule has 138 valence electrons. The number of anilines is 3. The summed E-state index contributed by atoms with van der Waals surface area (Å²) in [5.74, 6) is 1.50. The lowest BCUT2D eigenvalue weighted by Gasteiger charge is -2.23. The number of nitrogens with zero attached hydrogens (tertiary/aromatic N) is 3. The van der Waals surface area contributed by atoms with Crippen LogP contribution in [0.25, 0.3) is 0 Å². The van der Waals surface area contributed by atoms with Crippen molar-refractivity contribution in [1.29, 1.82) is 0 Å². The minimum absolute atomic E-state index is 0.290. The fourth-order valence-corrected chi connectivity index (χ4v) is 2.95. The number of hydrogen-bond donors (Lipinski definition) is 3.